The van der Waals surface area contributed by atoms with E-state index in [0.29, 0.717) is 0 Å². The lowest BCUT2D eigenvalue weighted by molar-refractivity contribution is -0.122. The van der Waals surface area contributed by atoms with E-state index >= 15 is 0 Å². The first kappa shape index (κ1) is 12.9. The number of nitrogens with zero attached hydrogens (tertiary/aromatic N) is 1. The van der Waals surface area contributed by atoms with E-state index in [4.69, 9.17) is 4.74 Å². The number of benzene rings is 1. The van der Waals surface area contributed by atoms with Gasteiger partial charge in [-0.2, -0.15) is 0 Å². The summed E-state index contributed by atoms with van der Waals surface area (Å²) in [6, 6.07) is 5.97. The van der Waals surface area contributed by atoms with Crippen LogP contribution in [0, 0.1) is 5.92 Å². The van der Waals surface area contributed by atoms with E-state index in [0.717, 1.165) is 37.2 Å². The lowest BCUT2D eigenvalue weighted by Gasteiger charge is -2.22. The maximum Gasteiger partial charge on any atom is 0.230 e. The van der Waals surface area contributed by atoms with E-state index in [2.05, 4.69) is 13.8 Å². The first-order chi connectivity index (χ1) is 8.71. The molecule has 0 atom stereocenters. The number of amides is 1. The molecule has 0 N–H and O–H groups in total. The Morgan fingerprint density at radius 2 is 2.11 bits per heavy atom. The van der Waals surface area contributed by atoms with Gasteiger partial charge < -0.3 is 9.64 Å². The first-order valence-corrected chi connectivity index (χ1v) is 6.69. The van der Waals surface area contributed by atoms with Gasteiger partial charge in [0.15, 0.2) is 0 Å². The summed E-state index contributed by atoms with van der Waals surface area (Å²) in [5.41, 5.74) is 2.28. The molecule has 0 aliphatic carbocycles. The highest BCUT2D eigenvalue weighted by Gasteiger charge is 2.28. The molecule has 3 heteroatoms. The molecular weight excluding hydrogens is 226 g/mol. The Bertz CT molecular complexity index is 438. The van der Waals surface area contributed by atoms with Crippen LogP contribution in [0.1, 0.15) is 32.3 Å². The first-order valence-electron chi connectivity index (χ1n) is 6.69. The quantitative estimate of drug-likeness (QED) is 0.818. The van der Waals surface area contributed by atoms with Gasteiger partial charge in [0.25, 0.3) is 0 Å². The molecule has 1 amide bonds. The van der Waals surface area contributed by atoms with Gasteiger partial charge in [-0.15, -0.1) is 0 Å². The fourth-order valence-electron chi connectivity index (χ4n) is 2.59. The molecule has 98 valence electrons. The molecule has 0 radical (unpaired) electrons. The lowest BCUT2D eigenvalue weighted by Crippen LogP contribution is -2.34. The van der Waals surface area contributed by atoms with E-state index in [-0.39, 0.29) is 11.8 Å². The smallest absolute Gasteiger partial charge is 0.230 e. The average molecular weight is 247 g/mol. The maximum absolute atomic E-state index is 12.4. The van der Waals surface area contributed by atoms with Crippen molar-refractivity contribution in [2.45, 2.75) is 33.1 Å². The second-order valence-electron chi connectivity index (χ2n) is 4.75. The SMILES string of the molecule is CCC(CC)C(=O)N1CCc2cc(OC)ccc21. The fraction of sp³-hybridized carbons (Fsp3) is 0.533. The summed E-state index contributed by atoms with van der Waals surface area (Å²) in [4.78, 5) is 14.4. The Labute approximate surface area is 109 Å². The molecule has 3 nitrogen and oxygen atoms in total. The molecule has 0 spiro atoms. The van der Waals surface area contributed by atoms with E-state index in [1.807, 2.05) is 23.1 Å². The van der Waals surface area contributed by atoms with Crippen LogP contribution in [0.4, 0.5) is 5.69 Å². The van der Waals surface area contributed by atoms with Gasteiger partial charge in [0.1, 0.15) is 5.75 Å². The zero-order valence-electron chi connectivity index (χ0n) is 11.4. The summed E-state index contributed by atoms with van der Waals surface area (Å²) in [6.07, 6.45) is 2.76. The molecule has 0 aromatic heterocycles. The molecule has 1 aliphatic heterocycles. The number of carbonyl (C=O) groups excluding carboxylic acids is 1. The van der Waals surface area contributed by atoms with Crippen LogP contribution in [-0.2, 0) is 11.2 Å². The number of anilines is 1. The van der Waals surface area contributed by atoms with Crippen molar-refractivity contribution >= 4 is 11.6 Å². The minimum atomic E-state index is 0.151. The summed E-state index contributed by atoms with van der Waals surface area (Å²) in [5, 5.41) is 0. The molecular formula is C15H21NO2. The second-order valence-corrected chi connectivity index (χ2v) is 4.75. The topological polar surface area (TPSA) is 29.5 Å². The van der Waals surface area contributed by atoms with Gasteiger partial charge in [-0.25, -0.2) is 0 Å². The highest BCUT2D eigenvalue weighted by Crippen LogP contribution is 2.32. The van der Waals surface area contributed by atoms with Crippen LogP contribution in [0.3, 0.4) is 0 Å². The predicted molar refractivity (Wildman–Crippen MR) is 73.1 cm³/mol. The van der Waals surface area contributed by atoms with Crippen LogP contribution in [0.2, 0.25) is 0 Å². The van der Waals surface area contributed by atoms with Crippen LogP contribution in [0.25, 0.3) is 0 Å². The van der Waals surface area contributed by atoms with Crippen molar-refractivity contribution in [3.8, 4) is 5.75 Å². The normalized spacial score (nSPS) is 13.9. The molecule has 1 aliphatic rings. The summed E-state index contributed by atoms with van der Waals surface area (Å²) in [6.45, 7) is 4.96. The van der Waals surface area contributed by atoms with Crippen LogP contribution >= 0.6 is 0 Å². The van der Waals surface area contributed by atoms with Crippen LogP contribution in [0.15, 0.2) is 18.2 Å². The van der Waals surface area contributed by atoms with Gasteiger partial charge in [0, 0.05) is 18.2 Å². The number of methoxy groups -OCH3 is 1. The van der Waals surface area contributed by atoms with Crippen molar-refractivity contribution in [3.05, 3.63) is 23.8 Å². The van der Waals surface area contributed by atoms with Gasteiger partial charge in [-0.1, -0.05) is 13.8 Å². The monoisotopic (exact) mass is 247 g/mol. The number of rotatable bonds is 4. The van der Waals surface area contributed by atoms with Crippen molar-refractivity contribution in [2.75, 3.05) is 18.6 Å². The van der Waals surface area contributed by atoms with Crippen LogP contribution in [-0.4, -0.2) is 19.6 Å². The zero-order chi connectivity index (χ0) is 13.1. The number of hydrogen-bond acceptors (Lipinski definition) is 2. The molecule has 2 rings (SSSR count). The summed E-state index contributed by atoms with van der Waals surface area (Å²) in [5.74, 6) is 1.28. The molecule has 0 unspecified atom stereocenters. The third kappa shape index (κ3) is 2.22. The van der Waals surface area contributed by atoms with E-state index in [9.17, 15) is 4.79 Å². The molecule has 1 aromatic carbocycles. The van der Waals surface area contributed by atoms with Gasteiger partial charge in [-0.05, 0) is 43.0 Å². The molecule has 0 saturated heterocycles. The molecule has 0 bridgehead atoms. The van der Waals surface area contributed by atoms with E-state index < -0.39 is 0 Å². The van der Waals surface area contributed by atoms with E-state index in [1.165, 1.54) is 5.56 Å². The van der Waals surface area contributed by atoms with Gasteiger partial charge in [-0.3, -0.25) is 4.79 Å². The third-order valence-corrected chi connectivity index (χ3v) is 3.78. The Morgan fingerprint density at radius 3 is 2.72 bits per heavy atom. The largest absolute Gasteiger partial charge is 0.497 e. The average Bonchev–Trinajstić information content (AvgIpc) is 2.82. The summed E-state index contributed by atoms with van der Waals surface area (Å²) < 4.78 is 5.22. The lowest BCUT2D eigenvalue weighted by atomic mass is 10.0. The van der Waals surface area contributed by atoms with Crippen molar-refractivity contribution in [1.82, 2.24) is 0 Å². The van der Waals surface area contributed by atoms with Crippen molar-refractivity contribution < 1.29 is 9.53 Å². The molecule has 18 heavy (non-hydrogen) atoms. The molecule has 1 heterocycles. The molecule has 0 saturated carbocycles. The van der Waals surface area contributed by atoms with Gasteiger partial charge in [0.2, 0.25) is 5.91 Å². The van der Waals surface area contributed by atoms with Gasteiger partial charge in [0.05, 0.1) is 7.11 Å². The number of carbonyl (C=O) groups is 1. The Balaban J connectivity index is 2.23. The minimum Gasteiger partial charge on any atom is -0.497 e. The Kier molecular flexibility index (Phi) is 3.90. The van der Waals surface area contributed by atoms with E-state index in [1.54, 1.807) is 7.11 Å². The Morgan fingerprint density at radius 1 is 1.39 bits per heavy atom. The molecule has 1 aromatic rings. The van der Waals surface area contributed by atoms with Crippen LogP contribution in [0.5, 0.6) is 5.75 Å². The number of fused-ring (bicyclic) bond motifs is 1. The minimum absolute atomic E-state index is 0.151. The number of hydrogen-bond donors (Lipinski definition) is 0. The second kappa shape index (κ2) is 5.42. The number of ether oxygens (including phenoxy) is 1. The predicted octanol–water partition coefficient (Wildman–Crippen LogP) is 3.02. The fourth-order valence-corrected chi connectivity index (χ4v) is 2.59. The Hall–Kier alpha value is -1.51. The summed E-state index contributed by atoms with van der Waals surface area (Å²) in [7, 11) is 1.67. The van der Waals surface area contributed by atoms with Crippen molar-refractivity contribution in [1.29, 1.82) is 0 Å². The van der Waals surface area contributed by atoms with Crippen molar-refractivity contribution in [2.24, 2.45) is 5.92 Å². The highest BCUT2D eigenvalue weighted by atomic mass is 16.5. The van der Waals surface area contributed by atoms with Gasteiger partial charge >= 0.3 is 0 Å². The summed E-state index contributed by atoms with van der Waals surface area (Å²) >= 11 is 0. The van der Waals surface area contributed by atoms with Crippen molar-refractivity contribution in [3.63, 3.8) is 0 Å². The van der Waals surface area contributed by atoms with Crippen LogP contribution < -0.4 is 9.64 Å². The molecule has 0 fully saturated rings. The third-order valence-electron chi connectivity index (χ3n) is 3.78. The highest BCUT2D eigenvalue weighted by molar-refractivity contribution is 5.97. The maximum atomic E-state index is 12.4. The zero-order valence-corrected chi connectivity index (χ0v) is 11.4. The standard InChI is InChI=1S/C15H21NO2/c1-4-11(5-2)15(17)16-9-8-12-10-13(18-3)6-7-14(12)16/h6-7,10-11H,4-5,8-9H2,1-3H3.